The molecule has 1 atom stereocenters. The molecule has 1 aromatic rings. The lowest BCUT2D eigenvalue weighted by Crippen LogP contribution is -2.43. The first kappa shape index (κ1) is 11.2. The van der Waals surface area contributed by atoms with Crippen LogP contribution in [0.4, 0.5) is 0 Å². The predicted molar refractivity (Wildman–Crippen MR) is 65.8 cm³/mol. The van der Waals surface area contributed by atoms with Gasteiger partial charge in [0.25, 0.3) is 0 Å². The average Bonchev–Trinajstić information content (AvgIpc) is 2.19. The van der Waals surface area contributed by atoms with Gasteiger partial charge in [-0.1, -0.05) is 46.1 Å². The topological polar surface area (TPSA) is 17.1 Å². The largest absolute Gasteiger partial charge is 0.302 e. The summed E-state index contributed by atoms with van der Waals surface area (Å²) in [4.78, 5) is 10.8. The van der Waals surface area contributed by atoms with Crippen molar-refractivity contribution in [3.8, 4) is 0 Å². The molecule has 2 rings (SSSR count). The molecule has 3 heteroatoms. The minimum absolute atomic E-state index is 0.00629. The van der Waals surface area contributed by atoms with Crippen LogP contribution in [0.15, 0.2) is 24.3 Å². The maximum atomic E-state index is 10.9. The van der Waals surface area contributed by atoms with Gasteiger partial charge in [0.15, 0.2) is 0 Å². The quantitative estimate of drug-likeness (QED) is 0.611. The van der Waals surface area contributed by atoms with E-state index in [0.29, 0.717) is 0 Å². The van der Waals surface area contributed by atoms with Crippen molar-refractivity contribution in [1.29, 1.82) is 0 Å². The second-order valence-corrected chi connectivity index (χ2v) is 5.48. The molecule has 0 aromatic heterocycles. The highest BCUT2D eigenvalue weighted by molar-refractivity contribution is 9.10. The van der Waals surface area contributed by atoms with Gasteiger partial charge in [-0.3, -0.25) is 0 Å². The zero-order chi connectivity index (χ0) is 10.9. The summed E-state index contributed by atoms with van der Waals surface area (Å²) in [5.41, 5.74) is 1.22. The molecule has 0 bridgehead atoms. The van der Waals surface area contributed by atoms with E-state index >= 15 is 0 Å². The summed E-state index contributed by atoms with van der Waals surface area (Å²) in [6.45, 7) is 0. The van der Waals surface area contributed by atoms with Gasteiger partial charge in [-0.2, -0.15) is 0 Å². The van der Waals surface area contributed by atoms with Gasteiger partial charge in [0.1, 0.15) is 6.29 Å². The highest BCUT2D eigenvalue weighted by Crippen LogP contribution is 2.48. The van der Waals surface area contributed by atoms with E-state index in [2.05, 4.69) is 15.9 Å². The van der Waals surface area contributed by atoms with Crippen molar-refractivity contribution < 1.29 is 4.79 Å². The van der Waals surface area contributed by atoms with E-state index in [1.54, 1.807) is 0 Å². The van der Waals surface area contributed by atoms with Crippen molar-refractivity contribution >= 4 is 33.8 Å². The fraction of sp³-hybridized carbons (Fsp3) is 0.417. The van der Waals surface area contributed by atoms with Gasteiger partial charge in [-0.05, 0) is 30.5 Å². The Bertz CT molecular complexity index is 356. The van der Waals surface area contributed by atoms with Crippen LogP contribution < -0.4 is 0 Å². The molecular formula is C12H12BrClO. The van der Waals surface area contributed by atoms with E-state index in [1.165, 1.54) is 12.0 Å². The van der Waals surface area contributed by atoms with E-state index in [0.717, 1.165) is 24.2 Å². The second-order valence-electron chi connectivity index (χ2n) is 4.05. The van der Waals surface area contributed by atoms with Crippen LogP contribution in [0.25, 0.3) is 0 Å². The lowest BCUT2D eigenvalue weighted by Gasteiger charge is -2.44. The molecule has 1 aliphatic rings. The van der Waals surface area contributed by atoms with Gasteiger partial charge in [0.05, 0.1) is 4.83 Å². The monoisotopic (exact) mass is 286 g/mol. The van der Waals surface area contributed by atoms with Crippen molar-refractivity contribution in [2.45, 2.75) is 29.5 Å². The first-order valence-corrected chi connectivity index (χ1v) is 6.34. The summed E-state index contributed by atoms with van der Waals surface area (Å²) < 4.78 is 0. The molecule has 0 aliphatic heterocycles. The van der Waals surface area contributed by atoms with Crippen molar-refractivity contribution in [1.82, 2.24) is 0 Å². The Balaban J connectivity index is 2.34. The Hall–Kier alpha value is -0.340. The molecule has 1 aromatic carbocycles. The van der Waals surface area contributed by atoms with Crippen LogP contribution in [0.5, 0.6) is 0 Å². The highest BCUT2D eigenvalue weighted by Gasteiger charge is 2.44. The Labute approximate surface area is 103 Å². The van der Waals surface area contributed by atoms with Crippen molar-refractivity contribution in [3.63, 3.8) is 0 Å². The first-order chi connectivity index (χ1) is 7.19. The van der Waals surface area contributed by atoms with Gasteiger partial charge < -0.3 is 4.79 Å². The van der Waals surface area contributed by atoms with Gasteiger partial charge in [-0.15, -0.1) is 0 Å². The van der Waals surface area contributed by atoms with Crippen LogP contribution in [-0.4, -0.2) is 11.1 Å². The molecule has 1 fully saturated rings. The fourth-order valence-electron chi connectivity index (χ4n) is 2.19. The lowest BCUT2D eigenvalue weighted by atomic mass is 9.63. The predicted octanol–water partition coefficient (Wildman–Crippen LogP) is 3.72. The van der Waals surface area contributed by atoms with Gasteiger partial charge in [0, 0.05) is 10.4 Å². The molecular weight excluding hydrogens is 275 g/mol. The van der Waals surface area contributed by atoms with Gasteiger partial charge >= 0.3 is 0 Å². The minimum atomic E-state index is -0.0834. The Morgan fingerprint density at radius 2 is 1.93 bits per heavy atom. The average molecular weight is 288 g/mol. The van der Waals surface area contributed by atoms with Crippen molar-refractivity contribution in [3.05, 3.63) is 34.9 Å². The molecule has 0 saturated heterocycles. The molecule has 0 heterocycles. The van der Waals surface area contributed by atoms with E-state index in [4.69, 9.17) is 11.6 Å². The molecule has 1 unspecified atom stereocenters. The van der Waals surface area contributed by atoms with Crippen LogP contribution in [0.1, 0.15) is 24.8 Å². The molecule has 0 radical (unpaired) electrons. The number of aldehydes is 1. The second kappa shape index (κ2) is 4.26. The van der Waals surface area contributed by atoms with E-state index in [1.807, 2.05) is 24.3 Å². The maximum absolute atomic E-state index is 10.9. The van der Waals surface area contributed by atoms with E-state index < -0.39 is 0 Å². The molecule has 15 heavy (non-hydrogen) atoms. The molecule has 1 aliphatic carbocycles. The van der Waals surface area contributed by atoms with Crippen LogP contribution >= 0.6 is 27.5 Å². The summed E-state index contributed by atoms with van der Waals surface area (Å²) >= 11 is 9.32. The smallest absolute Gasteiger partial charge is 0.134 e. The number of carbonyl (C=O) groups is 1. The molecule has 0 amide bonds. The summed E-state index contributed by atoms with van der Waals surface area (Å²) in [5.74, 6) is 0. The van der Waals surface area contributed by atoms with Crippen LogP contribution in [0.2, 0.25) is 5.02 Å². The van der Waals surface area contributed by atoms with Crippen LogP contribution in [-0.2, 0) is 10.2 Å². The number of alkyl halides is 1. The Kier molecular flexibility index (Phi) is 3.17. The van der Waals surface area contributed by atoms with Crippen LogP contribution in [0, 0.1) is 0 Å². The molecule has 0 N–H and O–H groups in total. The molecule has 1 nitrogen and oxygen atoms in total. The van der Waals surface area contributed by atoms with Gasteiger partial charge in [0.2, 0.25) is 0 Å². The first-order valence-electron chi connectivity index (χ1n) is 5.04. The minimum Gasteiger partial charge on any atom is -0.302 e. The fourth-order valence-corrected chi connectivity index (χ4v) is 3.04. The van der Waals surface area contributed by atoms with Crippen LogP contribution in [0.3, 0.4) is 0 Å². The maximum Gasteiger partial charge on any atom is 0.134 e. The summed E-state index contributed by atoms with van der Waals surface area (Å²) in [6, 6.07) is 7.83. The van der Waals surface area contributed by atoms with E-state index in [9.17, 15) is 4.79 Å². The van der Waals surface area contributed by atoms with Crippen molar-refractivity contribution in [2.24, 2.45) is 0 Å². The van der Waals surface area contributed by atoms with Gasteiger partial charge in [-0.25, -0.2) is 0 Å². The summed E-state index contributed by atoms with van der Waals surface area (Å²) in [7, 11) is 0. The molecule has 0 spiro atoms. The number of benzene rings is 1. The number of hydrogen-bond acceptors (Lipinski definition) is 1. The number of halogens is 2. The Morgan fingerprint density at radius 3 is 2.33 bits per heavy atom. The third-order valence-electron chi connectivity index (χ3n) is 3.31. The number of carbonyl (C=O) groups excluding carboxylic acids is 1. The number of rotatable bonds is 3. The zero-order valence-corrected chi connectivity index (χ0v) is 10.6. The number of hydrogen-bond donors (Lipinski definition) is 0. The third kappa shape index (κ3) is 1.85. The standard InChI is InChI=1S/C12H12BrClO/c13-11(8-15)12(6-1-7-12)9-2-4-10(14)5-3-9/h2-5,8,11H,1,6-7H2. The summed E-state index contributed by atoms with van der Waals surface area (Å²) in [5, 5.41) is 0.741. The van der Waals surface area contributed by atoms with E-state index in [-0.39, 0.29) is 10.2 Å². The molecule has 1 saturated carbocycles. The third-order valence-corrected chi connectivity index (χ3v) is 4.66. The highest BCUT2D eigenvalue weighted by atomic mass is 79.9. The Morgan fingerprint density at radius 1 is 1.33 bits per heavy atom. The summed E-state index contributed by atoms with van der Waals surface area (Å²) in [6.07, 6.45) is 4.33. The SMILES string of the molecule is O=CC(Br)C1(c2ccc(Cl)cc2)CCC1. The van der Waals surface area contributed by atoms with Crippen molar-refractivity contribution in [2.75, 3.05) is 0 Å². The lowest BCUT2D eigenvalue weighted by molar-refractivity contribution is -0.108. The zero-order valence-electron chi connectivity index (χ0n) is 8.25. The molecule has 80 valence electrons. The normalized spacial score (nSPS) is 20.4.